The minimum atomic E-state index is -4.48. The molecule has 9 heteroatoms. The number of hydrogen-bond donors (Lipinski definition) is 2. The molecule has 1 aromatic carbocycles. The molecule has 0 aromatic heterocycles. The monoisotopic (exact) mass is 387 g/mol. The maximum absolute atomic E-state index is 13.1. The third-order valence-electron chi connectivity index (χ3n) is 4.33. The van der Waals surface area contributed by atoms with Crippen molar-refractivity contribution in [1.82, 2.24) is 5.32 Å². The molecule has 1 aromatic rings. The summed E-state index contributed by atoms with van der Waals surface area (Å²) in [5, 5.41) is 5.04. The zero-order valence-corrected chi connectivity index (χ0v) is 15.2. The van der Waals surface area contributed by atoms with E-state index in [1.807, 2.05) is 4.90 Å². The molecule has 0 unspecified atom stereocenters. The van der Waals surface area contributed by atoms with E-state index in [9.17, 15) is 22.8 Å². The topological polar surface area (TPSA) is 70.7 Å². The first kappa shape index (κ1) is 20.9. The van der Waals surface area contributed by atoms with Gasteiger partial charge in [-0.2, -0.15) is 13.2 Å². The van der Waals surface area contributed by atoms with E-state index in [1.54, 1.807) is 0 Å². The number of carbonyl (C=O) groups is 2. The van der Waals surface area contributed by atoms with Crippen molar-refractivity contribution < 1.29 is 27.5 Å². The molecule has 0 saturated carbocycles. The van der Waals surface area contributed by atoms with E-state index in [0.717, 1.165) is 44.5 Å². The van der Waals surface area contributed by atoms with E-state index >= 15 is 0 Å². The zero-order valence-electron chi connectivity index (χ0n) is 15.2. The third kappa shape index (κ3) is 6.33. The van der Waals surface area contributed by atoms with E-state index < -0.39 is 23.7 Å². The molecule has 150 valence electrons. The number of amides is 2. The second-order valence-electron chi connectivity index (χ2n) is 6.35. The molecule has 2 rings (SSSR count). The largest absolute Gasteiger partial charge is 0.453 e. The number of methoxy groups -OCH3 is 1. The van der Waals surface area contributed by atoms with Gasteiger partial charge in [0.05, 0.1) is 24.0 Å². The highest BCUT2D eigenvalue weighted by Gasteiger charge is 2.31. The van der Waals surface area contributed by atoms with Crippen molar-refractivity contribution in [3.63, 3.8) is 0 Å². The normalized spacial score (nSPS) is 14.6. The van der Waals surface area contributed by atoms with Crippen LogP contribution in [0, 0.1) is 0 Å². The van der Waals surface area contributed by atoms with Gasteiger partial charge in [-0.1, -0.05) is 0 Å². The number of nitrogens with one attached hydrogen (secondary N) is 2. The fourth-order valence-electron chi connectivity index (χ4n) is 2.95. The minimum absolute atomic E-state index is 0.0691. The van der Waals surface area contributed by atoms with Crippen molar-refractivity contribution in [2.75, 3.05) is 37.0 Å². The van der Waals surface area contributed by atoms with Crippen LogP contribution in [0.2, 0.25) is 0 Å². The van der Waals surface area contributed by atoms with E-state index in [2.05, 4.69) is 15.4 Å². The lowest BCUT2D eigenvalue weighted by molar-refractivity contribution is -0.137. The van der Waals surface area contributed by atoms with Crippen LogP contribution >= 0.6 is 0 Å². The molecular formula is C18H24F3N3O3. The van der Waals surface area contributed by atoms with Crippen molar-refractivity contribution >= 4 is 23.4 Å². The molecule has 0 aliphatic carbocycles. The molecule has 1 saturated heterocycles. The van der Waals surface area contributed by atoms with Gasteiger partial charge < -0.3 is 20.3 Å². The van der Waals surface area contributed by atoms with Crippen LogP contribution < -0.4 is 15.5 Å². The number of alkyl halides is 3. The lowest BCUT2D eigenvalue weighted by Gasteiger charge is -2.31. The SMILES string of the molecule is COC(=O)NCCCC(=O)Nc1cc(C(F)(F)F)ccc1N1CCCCC1. The van der Waals surface area contributed by atoms with Crippen LogP contribution in [0.25, 0.3) is 0 Å². The quantitative estimate of drug-likeness (QED) is 0.729. The Hall–Kier alpha value is -2.45. The number of rotatable bonds is 6. The summed E-state index contributed by atoms with van der Waals surface area (Å²) in [5.74, 6) is -0.403. The predicted molar refractivity (Wildman–Crippen MR) is 95.8 cm³/mol. The maximum Gasteiger partial charge on any atom is 0.416 e. The Bertz CT molecular complexity index is 659. The van der Waals surface area contributed by atoms with Crippen LogP contribution in [0.1, 0.15) is 37.7 Å². The summed E-state index contributed by atoms with van der Waals surface area (Å²) in [6, 6.07) is 3.44. The van der Waals surface area contributed by atoms with Gasteiger partial charge in [-0.3, -0.25) is 4.79 Å². The lowest BCUT2D eigenvalue weighted by atomic mass is 10.1. The second kappa shape index (κ2) is 9.48. The molecule has 0 spiro atoms. The average molecular weight is 387 g/mol. The molecule has 1 aliphatic rings. The van der Waals surface area contributed by atoms with E-state index in [0.29, 0.717) is 12.1 Å². The van der Waals surface area contributed by atoms with Gasteiger partial charge in [0.25, 0.3) is 0 Å². The Morgan fingerprint density at radius 1 is 1.19 bits per heavy atom. The number of ether oxygens (including phenoxy) is 1. The molecular weight excluding hydrogens is 363 g/mol. The highest BCUT2D eigenvalue weighted by atomic mass is 19.4. The van der Waals surface area contributed by atoms with Crippen LogP contribution in [-0.4, -0.2) is 38.7 Å². The van der Waals surface area contributed by atoms with Crippen LogP contribution in [0.5, 0.6) is 0 Å². The van der Waals surface area contributed by atoms with E-state index in [1.165, 1.54) is 13.2 Å². The van der Waals surface area contributed by atoms with Gasteiger partial charge in [0.15, 0.2) is 0 Å². The zero-order chi connectivity index (χ0) is 19.9. The molecule has 1 fully saturated rings. The first-order valence-corrected chi connectivity index (χ1v) is 8.89. The molecule has 0 atom stereocenters. The molecule has 27 heavy (non-hydrogen) atoms. The molecule has 6 nitrogen and oxygen atoms in total. The van der Waals surface area contributed by atoms with E-state index in [4.69, 9.17) is 0 Å². The van der Waals surface area contributed by atoms with Crippen LogP contribution in [0.4, 0.5) is 29.3 Å². The fraction of sp³-hybridized carbons (Fsp3) is 0.556. The van der Waals surface area contributed by atoms with Gasteiger partial charge in [-0.25, -0.2) is 4.79 Å². The summed E-state index contributed by atoms with van der Waals surface area (Å²) in [5.41, 5.74) is -0.0349. The van der Waals surface area contributed by atoms with Gasteiger partial charge in [0.1, 0.15) is 0 Å². The Balaban J connectivity index is 2.07. The van der Waals surface area contributed by atoms with Crippen LogP contribution in [0.3, 0.4) is 0 Å². The molecule has 1 aliphatic heterocycles. The standard InChI is InChI=1S/C18H24F3N3O3/c1-27-17(26)22-9-5-6-16(25)23-14-12-13(18(19,20)21)7-8-15(14)24-10-3-2-4-11-24/h7-8,12H,2-6,9-11H2,1H3,(H,22,26)(H,23,25). The number of nitrogens with zero attached hydrogens (tertiary/aromatic N) is 1. The Kier molecular flexibility index (Phi) is 7.32. The van der Waals surface area contributed by atoms with Crippen molar-refractivity contribution in [3.05, 3.63) is 23.8 Å². The molecule has 2 N–H and O–H groups in total. The number of carbonyl (C=O) groups excluding carboxylic acids is 2. The van der Waals surface area contributed by atoms with Crippen LogP contribution in [-0.2, 0) is 15.7 Å². The minimum Gasteiger partial charge on any atom is -0.453 e. The van der Waals surface area contributed by atoms with Crippen molar-refractivity contribution in [2.24, 2.45) is 0 Å². The highest BCUT2D eigenvalue weighted by Crippen LogP contribution is 2.36. The predicted octanol–water partition coefficient (Wildman–Crippen LogP) is 3.77. The number of halogens is 3. The lowest BCUT2D eigenvalue weighted by Crippen LogP contribution is -2.30. The average Bonchev–Trinajstić information content (AvgIpc) is 2.65. The first-order valence-electron chi connectivity index (χ1n) is 8.89. The highest BCUT2D eigenvalue weighted by molar-refractivity contribution is 5.94. The summed E-state index contributed by atoms with van der Waals surface area (Å²) >= 11 is 0. The summed E-state index contributed by atoms with van der Waals surface area (Å²) in [7, 11) is 1.23. The number of hydrogen-bond acceptors (Lipinski definition) is 4. The van der Waals surface area contributed by atoms with Gasteiger partial charge in [-0.15, -0.1) is 0 Å². The Labute approximate surface area is 156 Å². The second-order valence-corrected chi connectivity index (χ2v) is 6.35. The first-order chi connectivity index (χ1) is 12.8. The molecule has 1 heterocycles. The molecule has 2 amide bonds. The Morgan fingerprint density at radius 3 is 2.52 bits per heavy atom. The summed E-state index contributed by atoms with van der Waals surface area (Å²) < 4.78 is 43.6. The van der Waals surface area contributed by atoms with Gasteiger partial charge >= 0.3 is 12.3 Å². The Morgan fingerprint density at radius 2 is 1.89 bits per heavy atom. The smallest absolute Gasteiger partial charge is 0.416 e. The number of anilines is 2. The summed E-state index contributed by atoms with van der Waals surface area (Å²) in [6.07, 6.45) is -1.64. The molecule has 0 radical (unpaired) electrons. The van der Waals surface area contributed by atoms with Crippen LogP contribution in [0.15, 0.2) is 18.2 Å². The van der Waals surface area contributed by atoms with Gasteiger partial charge in [0, 0.05) is 26.1 Å². The number of benzene rings is 1. The fourth-order valence-corrected chi connectivity index (χ4v) is 2.95. The number of alkyl carbamates (subject to hydrolysis) is 1. The van der Waals surface area contributed by atoms with E-state index in [-0.39, 0.29) is 18.7 Å². The van der Waals surface area contributed by atoms with Gasteiger partial charge in [-0.05, 0) is 43.9 Å². The number of piperidine rings is 1. The van der Waals surface area contributed by atoms with Gasteiger partial charge in [0.2, 0.25) is 5.91 Å². The maximum atomic E-state index is 13.1. The summed E-state index contributed by atoms with van der Waals surface area (Å²) in [6.45, 7) is 1.73. The van der Waals surface area contributed by atoms with Crippen molar-refractivity contribution in [3.8, 4) is 0 Å². The van der Waals surface area contributed by atoms with Crippen molar-refractivity contribution in [1.29, 1.82) is 0 Å². The third-order valence-corrected chi connectivity index (χ3v) is 4.33. The van der Waals surface area contributed by atoms with Crippen molar-refractivity contribution in [2.45, 2.75) is 38.3 Å². The summed E-state index contributed by atoms with van der Waals surface area (Å²) in [4.78, 5) is 25.1. The molecule has 0 bridgehead atoms.